The maximum absolute atomic E-state index is 12.2. The van der Waals surface area contributed by atoms with Gasteiger partial charge in [-0.05, 0) is 23.1 Å². The average Bonchev–Trinajstić information content (AvgIpc) is 3.03. The Balaban J connectivity index is 1.59. The minimum Gasteiger partial charge on any atom is -0.480 e. The minimum absolute atomic E-state index is 0.233. The molecule has 1 heterocycles. The number of hydrogen-bond acceptors (Lipinski definition) is 2. The van der Waals surface area contributed by atoms with Gasteiger partial charge < -0.3 is 15.0 Å². The van der Waals surface area contributed by atoms with Crippen molar-refractivity contribution in [1.82, 2.24) is 9.88 Å². The van der Waals surface area contributed by atoms with Crippen LogP contribution < -0.4 is 5.32 Å². The van der Waals surface area contributed by atoms with Gasteiger partial charge in [0.2, 0.25) is 5.91 Å². The Hall–Kier alpha value is -3.08. The highest BCUT2D eigenvalue weighted by Gasteiger charge is 2.20. The Kier molecular flexibility index (Phi) is 5.14. The molecular weight excluding hydrogens is 316 g/mol. The van der Waals surface area contributed by atoms with Crippen LogP contribution in [0.1, 0.15) is 12.0 Å². The molecule has 2 N–H and O–H groups in total. The monoisotopic (exact) mass is 336 g/mol. The van der Waals surface area contributed by atoms with Crippen LogP contribution in [0.2, 0.25) is 0 Å². The summed E-state index contributed by atoms with van der Waals surface area (Å²) in [5, 5.41) is 13.1. The van der Waals surface area contributed by atoms with Crippen LogP contribution in [0.25, 0.3) is 10.9 Å². The number of aromatic nitrogens is 1. The largest absolute Gasteiger partial charge is 0.480 e. The van der Waals surface area contributed by atoms with Crippen LogP contribution in [-0.2, 0) is 22.6 Å². The predicted octanol–water partition coefficient (Wildman–Crippen LogP) is 2.84. The second-order valence-electron chi connectivity index (χ2n) is 5.97. The van der Waals surface area contributed by atoms with Crippen molar-refractivity contribution in [3.05, 3.63) is 72.4 Å². The molecule has 128 valence electrons. The molecule has 0 spiro atoms. The molecule has 5 nitrogen and oxygen atoms in total. The highest BCUT2D eigenvalue weighted by molar-refractivity contribution is 5.84. The zero-order valence-corrected chi connectivity index (χ0v) is 13.8. The van der Waals surface area contributed by atoms with E-state index >= 15 is 0 Å². The van der Waals surface area contributed by atoms with Crippen molar-refractivity contribution >= 4 is 22.8 Å². The van der Waals surface area contributed by atoms with E-state index in [1.165, 1.54) is 0 Å². The molecule has 25 heavy (non-hydrogen) atoms. The van der Waals surface area contributed by atoms with E-state index in [1.807, 2.05) is 71.4 Å². The van der Waals surface area contributed by atoms with E-state index in [0.29, 0.717) is 6.54 Å². The lowest BCUT2D eigenvalue weighted by Crippen LogP contribution is -2.42. The highest BCUT2D eigenvalue weighted by atomic mass is 16.4. The van der Waals surface area contributed by atoms with Gasteiger partial charge in [0, 0.05) is 31.1 Å². The van der Waals surface area contributed by atoms with E-state index in [2.05, 4.69) is 5.32 Å². The van der Waals surface area contributed by atoms with Gasteiger partial charge in [-0.1, -0.05) is 48.5 Å². The first-order chi connectivity index (χ1) is 12.1. The van der Waals surface area contributed by atoms with Crippen LogP contribution in [0.15, 0.2) is 66.9 Å². The zero-order valence-electron chi connectivity index (χ0n) is 13.8. The second kappa shape index (κ2) is 7.66. The Morgan fingerprint density at radius 2 is 1.72 bits per heavy atom. The highest BCUT2D eigenvalue weighted by Crippen LogP contribution is 2.15. The summed E-state index contributed by atoms with van der Waals surface area (Å²) in [4.78, 5) is 23.6. The number of carbonyl (C=O) groups is 2. The molecule has 0 aliphatic rings. The van der Waals surface area contributed by atoms with Gasteiger partial charge in [-0.2, -0.15) is 0 Å². The maximum Gasteiger partial charge on any atom is 0.326 e. The number of amides is 1. The summed E-state index contributed by atoms with van der Waals surface area (Å²) in [6.45, 7) is 0.511. The van der Waals surface area contributed by atoms with Crippen molar-refractivity contribution in [3.8, 4) is 0 Å². The number of para-hydroxylation sites is 1. The smallest absolute Gasteiger partial charge is 0.326 e. The molecule has 1 unspecified atom stereocenters. The van der Waals surface area contributed by atoms with E-state index in [0.717, 1.165) is 16.5 Å². The minimum atomic E-state index is -1.02. The molecule has 3 rings (SSSR count). The summed E-state index contributed by atoms with van der Waals surface area (Å²) < 4.78 is 2.00. The molecule has 0 fully saturated rings. The molecule has 5 heteroatoms. The quantitative estimate of drug-likeness (QED) is 0.697. The van der Waals surface area contributed by atoms with Gasteiger partial charge in [-0.25, -0.2) is 4.79 Å². The van der Waals surface area contributed by atoms with Crippen molar-refractivity contribution < 1.29 is 14.7 Å². The molecule has 0 saturated carbocycles. The zero-order chi connectivity index (χ0) is 17.6. The SMILES string of the molecule is O=C(CCn1ccc2ccccc21)NC(Cc1ccccc1)C(=O)O. The van der Waals surface area contributed by atoms with Gasteiger partial charge in [0.15, 0.2) is 0 Å². The van der Waals surface area contributed by atoms with Crippen LogP contribution >= 0.6 is 0 Å². The van der Waals surface area contributed by atoms with Crippen molar-refractivity contribution in [3.63, 3.8) is 0 Å². The van der Waals surface area contributed by atoms with E-state index in [4.69, 9.17) is 0 Å². The lowest BCUT2D eigenvalue weighted by molar-refractivity contribution is -0.141. The standard InChI is InChI=1S/C20H20N2O3/c23-19(11-13-22-12-10-16-8-4-5-9-18(16)22)21-17(20(24)25)14-15-6-2-1-3-7-15/h1-10,12,17H,11,13-14H2,(H,21,23)(H,24,25). The number of carboxylic acid groups (broad SMARTS) is 1. The first-order valence-electron chi connectivity index (χ1n) is 8.23. The number of nitrogens with zero attached hydrogens (tertiary/aromatic N) is 1. The molecule has 0 aliphatic carbocycles. The Morgan fingerprint density at radius 1 is 1.00 bits per heavy atom. The third-order valence-corrected chi connectivity index (χ3v) is 4.18. The number of rotatable bonds is 7. The van der Waals surface area contributed by atoms with Crippen molar-refractivity contribution in [1.29, 1.82) is 0 Å². The normalized spacial score (nSPS) is 12.0. The second-order valence-corrected chi connectivity index (χ2v) is 5.97. The molecule has 1 atom stereocenters. The predicted molar refractivity (Wildman–Crippen MR) is 96.3 cm³/mol. The summed E-state index contributed by atoms with van der Waals surface area (Å²) in [5.74, 6) is -1.29. The van der Waals surface area contributed by atoms with Crippen molar-refractivity contribution in [2.45, 2.75) is 25.4 Å². The van der Waals surface area contributed by atoms with Crippen LogP contribution in [0.3, 0.4) is 0 Å². The van der Waals surface area contributed by atoms with Gasteiger partial charge in [-0.15, -0.1) is 0 Å². The summed E-state index contributed by atoms with van der Waals surface area (Å²) >= 11 is 0. The summed E-state index contributed by atoms with van der Waals surface area (Å²) in [7, 11) is 0. The fourth-order valence-corrected chi connectivity index (χ4v) is 2.87. The van der Waals surface area contributed by atoms with E-state index in [-0.39, 0.29) is 18.7 Å². The van der Waals surface area contributed by atoms with Gasteiger partial charge in [0.05, 0.1) is 0 Å². The first-order valence-corrected chi connectivity index (χ1v) is 8.23. The summed E-state index contributed by atoms with van der Waals surface area (Å²) in [6, 6.07) is 18.3. The Morgan fingerprint density at radius 3 is 2.48 bits per heavy atom. The third kappa shape index (κ3) is 4.26. The van der Waals surface area contributed by atoms with E-state index in [9.17, 15) is 14.7 Å². The molecular formula is C20H20N2O3. The van der Waals surface area contributed by atoms with Gasteiger partial charge in [0.1, 0.15) is 6.04 Å². The number of benzene rings is 2. The maximum atomic E-state index is 12.2. The fraction of sp³-hybridized carbons (Fsp3) is 0.200. The topological polar surface area (TPSA) is 71.3 Å². The van der Waals surface area contributed by atoms with Gasteiger partial charge >= 0.3 is 5.97 Å². The number of fused-ring (bicyclic) bond motifs is 1. The fourth-order valence-electron chi connectivity index (χ4n) is 2.87. The molecule has 2 aromatic carbocycles. The number of carbonyl (C=O) groups excluding carboxylic acids is 1. The third-order valence-electron chi connectivity index (χ3n) is 4.18. The molecule has 1 aromatic heterocycles. The number of aliphatic carboxylic acids is 1. The lowest BCUT2D eigenvalue weighted by Gasteiger charge is -2.15. The summed E-state index contributed by atoms with van der Waals surface area (Å²) in [6.07, 6.45) is 2.45. The van der Waals surface area contributed by atoms with E-state index < -0.39 is 12.0 Å². The lowest BCUT2D eigenvalue weighted by atomic mass is 10.1. The molecule has 1 amide bonds. The van der Waals surface area contributed by atoms with Crippen LogP contribution in [0, 0.1) is 0 Å². The molecule has 3 aromatic rings. The van der Waals surface area contributed by atoms with Gasteiger partial charge in [0.25, 0.3) is 0 Å². The average molecular weight is 336 g/mol. The number of nitrogens with one attached hydrogen (secondary N) is 1. The molecule has 0 bridgehead atoms. The van der Waals surface area contributed by atoms with Crippen LogP contribution in [0.4, 0.5) is 0 Å². The van der Waals surface area contributed by atoms with E-state index in [1.54, 1.807) is 0 Å². The first kappa shape index (κ1) is 16.8. The summed E-state index contributed by atoms with van der Waals surface area (Å²) in [5.41, 5.74) is 1.95. The Labute approximate surface area is 145 Å². The molecule has 0 radical (unpaired) electrons. The number of aryl methyl sites for hydroxylation is 1. The number of carboxylic acids is 1. The van der Waals surface area contributed by atoms with Crippen LogP contribution in [0.5, 0.6) is 0 Å². The molecule has 0 aliphatic heterocycles. The number of hydrogen-bond donors (Lipinski definition) is 2. The van der Waals surface area contributed by atoms with Gasteiger partial charge in [-0.3, -0.25) is 4.79 Å². The van der Waals surface area contributed by atoms with Crippen LogP contribution in [-0.4, -0.2) is 27.6 Å². The Bertz CT molecular complexity index is 871. The molecule has 0 saturated heterocycles. The van der Waals surface area contributed by atoms with Crippen molar-refractivity contribution in [2.75, 3.05) is 0 Å². The van der Waals surface area contributed by atoms with Crippen molar-refractivity contribution in [2.24, 2.45) is 0 Å².